The van der Waals surface area contributed by atoms with Crippen LogP contribution in [0.15, 0.2) is 22.7 Å². The van der Waals surface area contributed by atoms with E-state index in [1.807, 2.05) is 25.1 Å². The van der Waals surface area contributed by atoms with Crippen LogP contribution in [0.5, 0.6) is 0 Å². The number of hydrogen-bond donors (Lipinski definition) is 2. The Morgan fingerprint density at radius 2 is 2.28 bits per heavy atom. The van der Waals surface area contributed by atoms with Crippen LogP contribution in [0.3, 0.4) is 0 Å². The molecule has 0 fully saturated rings. The van der Waals surface area contributed by atoms with E-state index in [-0.39, 0.29) is 5.91 Å². The van der Waals surface area contributed by atoms with E-state index < -0.39 is 6.04 Å². The maximum absolute atomic E-state index is 11.8. The van der Waals surface area contributed by atoms with Gasteiger partial charge in [0.1, 0.15) is 0 Å². The molecule has 1 unspecified atom stereocenters. The number of hydrogen-bond acceptors (Lipinski definition) is 3. The Hall–Kier alpha value is -0.910. The van der Waals surface area contributed by atoms with Gasteiger partial charge in [0, 0.05) is 23.9 Å². The minimum absolute atomic E-state index is 0.159. The molecule has 5 heteroatoms. The smallest absolute Gasteiger partial charge is 0.241 e. The van der Waals surface area contributed by atoms with Gasteiger partial charge in [-0.1, -0.05) is 15.9 Å². The van der Waals surface area contributed by atoms with Crippen LogP contribution in [0, 0.1) is 6.92 Å². The van der Waals surface area contributed by atoms with Crippen LogP contribution in [-0.2, 0) is 9.53 Å². The molecule has 0 aliphatic carbocycles. The Bertz CT molecular complexity index is 410. The highest BCUT2D eigenvalue weighted by molar-refractivity contribution is 9.10. The predicted octanol–water partition coefficient (Wildman–Crippen LogP) is 2.45. The number of rotatable bonds is 6. The lowest BCUT2D eigenvalue weighted by Crippen LogP contribution is -2.35. The van der Waals surface area contributed by atoms with E-state index >= 15 is 0 Å². The first-order valence-electron chi connectivity index (χ1n) is 5.86. The molecular formula is C13H19BrN2O2. The second kappa shape index (κ2) is 7.51. The Morgan fingerprint density at radius 3 is 2.89 bits per heavy atom. The highest BCUT2D eigenvalue weighted by Crippen LogP contribution is 2.20. The Labute approximate surface area is 116 Å². The average Bonchev–Trinajstić information content (AvgIpc) is 2.34. The van der Waals surface area contributed by atoms with Crippen molar-refractivity contribution in [2.24, 2.45) is 5.73 Å². The summed E-state index contributed by atoms with van der Waals surface area (Å²) < 4.78 is 5.95. The van der Waals surface area contributed by atoms with Crippen LogP contribution in [-0.4, -0.2) is 25.7 Å². The van der Waals surface area contributed by atoms with Gasteiger partial charge in [0.25, 0.3) is 0 Å². The number of anilines is 1. The van der Waals surface area contributed by atoms with Crippen LogP contribution in [0.1, 0.15) is 18.4 Å². The first-order chi connectivity index (χ1) is 8.54. The summed E-state index contributed by atoms with van der Waals surface area (Å²) in [5.41, 5.74) is 7.63. The molecule has 0 saturated heterocycles. The molecule has 0 spiro atoms. The molecule has 1 rings (SSSR count). The molecule has 1 aromatic carbocycles. The number of carbonyl (C=O) groups is 1. The number of carbonyl (C=O) groups excluding carboxylic acids is 1. The average molecular weight is 315 g/mol. The summed E-state index contributed by atoms with van der Waals surface area (Å²) in [6.07, 6.45) is 1.40. The fraction of sp³-hybridized carbons (Fsp3) is 0.462. The molecule has 18 heavy (non-hydrogen) atoms. The van der Waals surface area contributed by atoms with Crippen LogP contribution in [0.25, 0.3) is 0 Å². The molecular weight excluding hydrogens is 296 g/mol. The van der Waals surface area contributed by atoms with Gasteiger partial charge in [-0.3, -0.25) is 4.79 Å². The molecule has 1 atom stereocenters. The zero-order chi connectivity index (χ0) is 13.5. The topological polar surface area (TPSA) is 64.3 Å². The number of halogens is 1. The maximum atomic E-state index is 11.8. The summed E-state index contributed by atoms with van der Waals surface area (Å²) >= 11 is 3.42. The van der Waals surface area contributed by atoms with Crippen LogP contribution in [0.4, 0.5) is 5.69 Å². The Kier molecular flexibility index (Phi) is 6.32. The van der Waals surface area contributed by atoms with E-state index in [1.165, 1.54) is 0 Å². The van der Waals surface area contributed by atoms with Gasteiger partial charge in [0.2, 0.25) is 5.91 Å². The van der Waals surface area contributed by atoms with E-state index in [4.69, 9.17) is 10.5 Å². The quantitative estimate of drug-likeness (QED) is 0.793. The number of amides is 1. The van der Waals surface area contributed by atoms with Crippen LogP contribution >= 0.6 is 15.9 Å². The number of benzene rings is 1. The number of aryl methyl sites for hydroxylation is 1. The molecule has 0 aliphatic rings. The van der Waals surface area contributed by atoms with Crippen molar-refractivity contribution in [3.63, 3.8) is 0 Å². The second-order valence-electron chi connectivity index (χ2n) is 4.19. The van der Waals surface area contributed by atoms with Gasteiger partial charge >= 0.3 is 0 Å². The Morgan fingerprint density at radius 1 is 1.56 bits per heavy atom. The van der Waals surface area contributed by atoms with Crippen LogP contribution in [0.2, 0.25) is 0 Å². The van der Waals surface area contributed by atoms with E-state index in [1.54, 1.807) is 7.11 Å². The molecule has 0 heterocycles. The highest BCUT2D eigenvalue weighted by Gasteiger charge is 2.13. The largest absolute Gasteiger partial charge is 0.385 e. The van der Waals surface area contributed by atoms with Crippen molar-refractivity contribution in [3.8, 4) is 0 Å². The number of nitrogens with two attached hydrogens (primary N) is 1. The van der Waals surface area contributed by atoms with Crippen molar-refractivity contribution in [1.29, 1.82) is 0 Å². The van der Waals surface area contributed by atoms with E-state index in [9.17, 15) is 4.79 Å². The molecule has 0 aromatic heterocycles. The fourth-order valence-electron chi connectivity index (χ4n) is 1.54. The summed E-state index contributed by atoms with van der Waals surface area (Å²) in [5.74, 6) is -0.159. The van der Waals surface area contributed by atoms with Gasteiger partial charge in [-0.05, 0) is 43.5 Å². The minimum atomic E-state index is -0.496. The van der Waals surface area contributed by atoms with Gasteiger partial charge in [-0.15, -0.1) is 0 Å². The lowest BCUT2D eigenvalue weighted by atomic mass is 10.1. The molecule has 0 radical (unpaired) electrons. The molecule has 0 saturated carbocycles. The number of ether oxygens (including phenoxy) is 1. The molecule has 4 nitrogen and oxygen atoms in total. The minimum Gasteiger partial charge on any atom is -0.385 e. The maximum Gasteiger partial charge on any atom is 0.241 e. The first kappa shape index (κ1) is 15.1. The third-order valence-corrected chi connectivity index (χ3v) is 3.52. The normalized spacial score (nSPS) is 12.2. The second-order valence-corrected chi connectivity index (χ2v) is 5.05. The first-order valence-corrected chi connectivity index (χ1v) is 6.65. The Balaban J connectivity index is 2.50. The zero-order valence-electron chi connectivity index (χ0n) is 10.7. The molecule has 0 bridgehead atoms. The van der Waals surface area contributed by atoms with Crippen molar-refractivity contribution in [2.75, 3.05) is 19.0 Å². The summed E-state index contributed by atoms with van der Waals surface area (Å²) in [4.78, 5) is 11.8. The van der Waals surface area contributed by atoms with Crippen LogP contribution < -0.4 is 11.1 Å². The summed E-state index contributed by atoms with van der Waals surface area (Å²) in [6.45, 7) is 2.59. The summed E-state index contributed by atoms with van der Waals surface area (Å²) in [5, 5.41) is 2.81. The number of methoxy groups -OCH3 is 1. The van der Waals surface area contributed by atoms with Crippen molar-refractivity contribution < 1.29 is 9.53 Å². The van der Waals surface area contributed by atoms with E-state index in [2.05, 4.69) is 21.2 Å². The monoisotopic (exact) mass is 314 g/mol. The van der Waals surface area contributed by atoms with Gasteiger partial charge in [0.15, 0.2) is 0 Å². The third kappa shape index (κ3) is 4.76. The summed E-state index contributed by atoms with van der Waals surface area (Å²) in [6, 6.07) is 5.16. The standard InChI is InChI=1S/C13H19BrN2O2/c1-9-8-10(5-6-11(9)14)16-13(17)12(15)4-3-7-18-2/h5-6,8,12H,3-4,7,15H2,1-2H3,(H,16,17). The van der Waals surface area contributed by atoms with Gasteiger partial charge < -0.3 is 15.8 Å². The fourth-order valence-corrected chi connectivity index (χ4v) is 1.78. The molecule has 0 aliphatic heterocycles. The molecule has 1 amide bonds. The molecule has 3 N–H and O–H groups in total. The predicted molar refractivity (Wildman–Crippen MR) is 76.6 cm³/mol. The van der Waals surface area contributed by atoms with Crippen molar-refractivity contribution in [3.05, 3.63) is 28.2 Å². The van der Waals surface area contributed by atoms with Crippen molar-refractivity contribution >= 4 is 27.5 Å². The zero-order valence-corrected chi connectivity index (χ0v) is 12.3. The van der Waals surface area contributed by atoms with E-state index in [0.29, 0.717) is 13.0 Å². The van der Waals surface area contributed by atoms with Crippen molar-refractivity contribution in [1.82, 2.24) is 0 Å². The highest BCUT2D eigenvalue weighted by atomic mass is 79.9. The van der Waals surface area contributed by atoms with E-state index in [0.717, 1.165) is 22.1 Å². The van der Waals surface area contributed by atoms with Gasteiger partial charge in [-0.2, -0.15) is 0 Å². The lowest BCUT2D eigenvalue weighted by molar-refractivity contribution is -0.117. The van der Waals surface area contributed by atoms with Gasteiger partial charge in [-0.25, -0.2) is 0 Å². The molecule has 100 valence electrons. The number of nitrogens with one attached hydrogen (secondary N) is 1. The third-order valence-electron chi connectivity index (χ3n) is 2.63. The van der Waals surface area contributed by atoms with Crippen molar-refractivity contribution in [2.45, 2.75) is 25.8 Å². The SMILES string of the molecule is COCCCC(N)C(=O)Nc1ccc(Br)c(C)c1. The molecule has 1 aromatic rings. The lowest BCUT2D eigenvalue weighted by Gasteiger charge is -2.12. The van der Waals surface area contributed by atoms with Gasteiger partial charge in [0.05, 0.1) is 6.04 Å². The summed E-state index contributed by atoms with van der Waals surface area (Å²) in [7, 11) is 1.64.